The molecule has 0 fully saturated rings. The zero-order valence-corrected chi connectivity index (χ0v) is 31.4. The van der Waals surface area contributed by atoms with Gasteiger partial charge in [0.15, 0.2) is 0 Å². The first-order valence-corrected chi connectivity index (χ1v) is 19.3. The summed E-state index contributed by atoms with van der Waals surface area (Å²) >= 11 is 0. The monoisotopic (exact) mass is 706 g/mol. The Hall–Kier alpha value is -6.64. The van der Waals surface area contributed by atoms with E-state index < -0.39 is 10.8 Å². The van der Waals surface area contributed by atoms with E-state index in [0.717, 1.165) is 5.69 Å². The highest BCUT2D eigenvalue weighted by atomic mass is 15.0. The SMILES string of the molecule is CNc1c(-c2ccccc2)ccc2c1C(C)(c1ccccc1)c1ccc3c4ccccc4n(-c4ccc(-c5ccccc5)cc4)c3c1C2(C)c1ccccc1. The van der Waals surface area contributed by atoms with Crippen molar-refractivity contribution in [3.05, 3.63) is 228 Å². The third-order valence-electron chi connectivity index (χ3n) is 12.4. The first-order chi connectivity index (χ1) is 27.0. The van der Waals surface area contributed by atoms with Crippen molar-refractivity contribution in [1.82, 2.24) is 4.57 Å². The van der Waals surface area contributed by atoms with Crippen LogP contribution in [0.2, 0.25) is 0 Å². The zero-order chi connectivity index (χ0) is 37.1. The van der Waals surface area contributed by atoms with Crippen molar-refractivity contribution in [2.24, 2.45) is 0 Å². The van der Waals surface area contributed by atoms with Gasteiger partial charge in [-0.15, -0.1) is 0 Å². The normalized spacial score (nSPS) is 17.5. The van der Waals surface area contributed by atoms with Crippen LogP contribution >= 0.6 is 0 Å². The minimum absolute atomic E-state index is 0.504. The zero-order valence-electron chi connectivity index (χ0n) is 31.4. The molecule has 1 aromatic heterocycles. The smallest absolute Gasteiger partial charge is 0.0588 e. The van der Waals surface area contributed by atoms with Gasteiger partial charge in [0.05, 0.1) is 11.0 Å². The summed E-state index contributed by atoms with van der Waals surface area (Å²) in [4.78, 5) is 0. The molecule has 0 amide bonds. The van der Waals surface area contributed by atoms with E-state index in [9.17, 15) is 0 Å². The maximum Gasteiger partial charge on any atom is 0.0588 e. The molecule has 1 heterocycles. The second kappa shape index (κ2) is 12.7. The van der Waals surface area contributed by atoms with Crippen molar-refractivity contribution in [2.75, 3.05) is 12.4 Å². The molecular weight excluding hydrogens is 665 g/mol. The number of para-hydroxylation sites is 1. The van der Waals surface area contributed by atoms with E-state index in [4.69, 9.17) is 0 Å². The molecule has 264 valence electrons. The molecule has 1 aliphatic carbocycles. The van der Waals surface area contributed by atoms with Gasteiger partial charge in [0.1, 0.15) is 0 Å². The summed E-state index contributed by atoms with van der Waals surface area (Å²) in [6.45, 7) is 4.92. The molecule has 0 saturated carbocycles. The fraction of sp³-hybridized carbons (Fsp3) is 0.0943. The lowest BCUT2D eigenvalue weighted by Gasteiger charge is -2.49. The summed E-state index contributed by atoms with van der Waals surface area (Å²) in [6, 6.07) is 71.4. The van der Waals surface area contributed by atoms with Gasteiger partial charge in [-0.25, -0.2) is 0 Å². The molecule has 0 saturated heterocycles. The van der Waals surface area contributed by atoms with Crippen LogP contribution in [0.5, 0.6) is 0 Å². The summed E-state index contributed by atoms with van der Waals surface area (Å²) in [5, 5.41) is 6.29. The van der Waals surface area contributed by atoms with E-state index in [1.54, 1.807) is 0 Å². The number of benzene rings is 8. The Labute approximate surface area is 323 Å². The molecule has 0 radical (unpaired) electrons. The van der Waals surface area contributed by atoms with Crippen LogP contribution in [0, 0.1) is 0 Å². The Kier molecular flexibility index (Phi) is 7.64. The van der Waals surface area contributed by atoms with Crippen molar-refractivity contribution in [2.45, 2.75) is 24.7 Å². The first-order valence-electron chi connectivity index (χ1n) is 19.3. The van der Waals surface area contributed by atoms with Gasteiger partial charge in [0.2, 0.25) is 0 Å². The van der Waals surface area contributed by atoms with Crippen molar-refractivity contribution in [1.29, 1.82) is 0 Å². The Morgan fingerprint density at radius 2 is 0.909 bits per heavy atom. The Balaban J connectivity index is 1.38. The number of anilines is 1. The Morgan fingerprint density at radius 3 is 1.53 bits per heavy atom. The number of nitrogens with zero attached hydrogens (tertiary/aromatic N) is 1. The number of fused-ring (bicyclic) bond motifs is 6. The third kappa shape index (κ3) is 4.81. The lowest BCUT2D eigenvalue weighted by atomic mass is 9.54. The van der Waals surface area contributed by atoms with E-state index >= 15 is 0 Å². The van der Waals surface area contributed by atoms with Gasteiger partial charge in [-0.1, -0.05) is 176 Å². The topological polar surface area (TPSA) is 17.0 Å². The summed E-state index contributed by atoms with van der Waals surface area (Å²) < 4.78 is 2.53. The van der Waals surface area contributed by atoms with Gasteiger partial charge in [-0.05, 0) is 82.1 Å². The van der Waals surface area contributed by atoms with Crippen LogP contribution in [-0.2, 0) is 10.8 Å². The van der Waals surface area contributed by atoms with Gasteiger partial charge in [-0.3, -0.25) is 0 Å². The molecule has 8 aromatic carbocycles. The van der Waals surface area contributed by atoms with E-state index in [1.807, 2.05) is 0 Å². The van der Waals surface area contributed by atoms with Gasteiger partial charge in [-0.2, -0.15) is 0 Å². The molecule has 1 aliphatic rings. The van der Waals surface area contributed by atoms with E-state index in [2.05, 4.69) is 225 Å². The fourth-order valence-corrected chi connectivity index (χ4v) is 9.75. The predicted molar refractivity (Wildman–Crippen MR) is 232 cm³/mol. The molecule has 10 rings (SSSR count). The fourth-order valence-electron chi connectivity index (χ4n) is 9.75. The molecular formula is C53H42N2. The van der Waals surface area contributed by atoms with Crippen LogP contribution < -0.4 is 5.32 Å². The van der Waals surface area contributed by atoms with Crippen LogP contribution in [0.25, 0.3) is 49.7 Å². The van der Waals surface area contributed by atoms with Crippen LogP contribution in [0.4, 0.5) is 5.69 Å². The maximum absolute atomic E-state index is 3.78. The highest BCUT2D eigenvalue weighted by Gasteiger charge is 2.51. The summed E-state index contributed by atoms with van der Waals surface area (Å²) in [5.74, 6) is 0. The molecule has 2 atom stereocenters. The van der Waals surface area contributed by atoms with Crippen molar-refractivity contribution in [3.8, 4) is 27.9 Å². The van der Waals surface area contributed by atoms with Crippen LogP contribution in [0.3, 0.4) is 0 Å². The number of hydrogen-bond acceptors (Lipinski definition) is 1. The number of aromatic nitrogens is 1. The molecule has 0 aliphatic heterocycles. The van der Waals surface area contributed by atoms with Crippen molar-refractivity contribution < 1.29 is 0 Å². The van der Waals surface area contributed by atoms with Gasteiger partial charge in [0.25, 0.3) is 0 Å². The highest BCUT2D eigenvalue weighted by molar-refractivity contribution is 6.12. The van der Waals surface area contributed by atoms with Gasteiger partial charge >= 0.3 is 0 Å². The molecule has 9 aromatic rings. The summed E-state index contributed by atoms with van der Waals surface area (Å²) in [7, 11) is 2.09. The average molecular weight is 707 g/mol. The molecule has 0 bridgehead atoms. The lowest BCUT2D eigenvalue weighted by Crippen LogP contribution is -2.42. The third-order valence-corrected chi connectivity index (χ3v) is 12.4. The molecule has 2 heteroatoms. The standard InChI is InChI=1S/C53H42N2/c1-52(39-22-12-6-13-23-39)46-35-33-44-43-26-16-17-27-47(43)55(41-30-28-37(29-31-41)36-18-8-4-9-19-36)51(44)49(46)53(2,40-24-14-7-15-25-40)45-34-32-42(50(54-3)48(45)52)38-20-10-5-11-21-38/h4-35,54H,1-3H3. The summed E-state index contributed by atoms with van der Waals surface area (Å²) in [6.07, 6.45) is 0. The van der Waals surface area contributed by atoms with Crippen LogP contribution in [-0.4, -0.2) is 11.6 Å². The molecule has 2 nitrogen and oxygen atoms in total. The van der Waals surface area contributed by atoms with Crippen molar-refractivity contribution in [3.63, 3.8) is 0 Å². The minimum Gasteiger partial charge on any atom is -0.387 e. The minimum atomic E-state index is -0.517. The van der Waals surface area contributed by atoms with E-state index in [0.29, 0.717) is 0 Å². The molecule has 1 N–H and O–H groups in total. The molecule has 55 heavy (non-hydrogen) atoms. The second-order valence-corrected chi connectivity index (χ2v) is 15.2. The Bertz CT molecular complexity index is 2840. The highest BCUT2D eigenvalue weighted by Crippen LogP contribution is 2.60. The van der Waals surface area contributed by atoms with Gasteiger partial charge < -0.3 is 9.88 Å². The quantitative estimate of drug-likeness (QED) is 0.182. The molecule has 0 spiro atoms. The van der Waals surface area contributed by atoms with E-state index in [-0.39, 0.29) is 0 Å². The second-order valence-electron chi connectivity index (χ2n) is 15.2. The van der Waals surface area contributed by atoms with Crippen LogP contribution in [0.1, 0.15) is 47.2 Å². The largest absolute Gasteiger partial charge is 0.387 e. The van der Waals surface area contributed by atoms with E-state index in [1.165, 1.54) is 83.1 Å². The van der Waals surface area contributed by atoms with Crippen LogP contribution in [0.15, 0.2) is 194 Å². The predicted octanol–water partition coefficient (Wildman–Crippen LogP) is 13.2. The first kappa shape index (κ1) is 33.0. The number of hydrogen-bond donors (Lipinski definition) is 1. The lowest BCUT2D eigenvalue weighted by molar-refractivity contribution is 0.572. The molecule has 2 unspecified atom stereocenters. The Morgan fingerprint density at radius 1 is 0.418 bits per heavy atom. The summed E-state index contributed by atoms with van der Waals surface area (Å²) in [5.41, 5.74) is 16.4. The number of nitrogens with one attached hydrogen (secondary N) is 1. The number of rotatable bonds is 6. The van der Waals surface area contributed by atoms with Crippen molar-refractivity contribution >= 4 is 27.5 Å². The maximum atomic E-state index is 3.78. The average Bonchev–Trinajstić information content (AvgIpc) is 3.60. The van der Waals surface area contributed by atoms with Gasteiger partial charge in [0, 0.05) is 45.6 Å².